The van der Waals surface area contributed by atoms with E-state index in [-0.39, 0.29) is 40.7 Å². The zero-order valence-electron chi connectivity index (χ0n) is 21.7. The quantitative estimate of drug-likeness (QED) is 0.357. The molecular formula is C24H37N4O6PS. The number of rotatable bonds is 11. The molecule has 3 rings (SSSR count). The van der Waals surface area contributed by atoms with E-state index in [1.54, 1.807) is 17.9 Å². The van der Waals surface area contributed by atoms with Gasteiger partial charge in [-0.1, -0.05) is 27.7 Å². The minimum atomic E-state index is -3.88. The third kappa shape index (κ3) is 6.30. The smallest absolute Gasteiger partial charge is 0.348 e. The molecule has 2 atom stereocenters. The molecule has 1 aromatic rings. The second kappa shape index (κ2) is 10.9. The number of aliphatic hydroxyl groups is 1. The van der Waals surface area contributed by atoms with Crippen molar-refractivity contribution in [2.45, 2.75) is 59.9 Å². The zero-order valence-corrected chi connectivity index (χ0v) is 23.4. The Balaban J connectivity index is 2.05. The van der Waals surface area contributed by atoms with Crippen molar-refractivity contribution in [3.05, 3.63) is 29.5 Å². The van der Waals surface area contributed by atoms with Gasteiger partial charge in [-0.15, -0.1) is 0 Å². The highest BCUT2D eigenvalue weighted by atomic mass is 32.2. The van der Waals surface area contributed by atoms with Crippen LogP contribution in [0.3, 0.4) is 0 Å². The van der Waals surface area contributed by atoms with E-state index in [4.69, 9.17) is 4.52 Å². The number of benzene rings is 1. The number of hydrogen-bond donors (Lipinski definition) is 3. The third-order valence-electron chi connectivity index (χ3n) is 6.02. The number of aliphatic hydroxyl groups excluding tert-OH is 1. The fourth-order valence-corrected chi connectivity index (χ4v) is 6.60. The van der Waals surface area contributed by atoms with E-state index in [1.165, 1.54) is 12.1 Å². The molecule has 1 amide bonds. The molecule has 2 unspecified atom stereocenters. The lowest BCUT2D eigenvalue weighted by Crippen LogP contribution is -2.38. The number of anilines is 2. The fraction of sp³-hybridized carbons (Fsp3) is 0.583. The van der Waals surface area contributed by atoms with Crippen molar-refractivity contribution in [3.8, 4) is 0 Å². The predicted octanol–water partition coefficient (Wildman–Crippen LogP) is 4.24. The van der Waals surface area contributed by atoms with Crippen LogP contribution in [0.15, 0.2) is 34.3 Å². The normalized spacial score (nSPS) is 22.2. The fourth-order valence-electron chi connectivity index (χ4n) is 4.24. The summed E-state index contributed by atoms with van der Waals surface area (Å²) in [5.41, 5.74) is 0.573. The summed E-state index contributed by atoms with van der Waals surface area (Å²) in [6.45, 7) is 10.6. The van der Waals surface area contributed by atoms with E-state index in [0.717, 1.165) is 19.1 Å². The number of fused-ring (bicyclic) bond motifs is 1. The highest BCUT2D eigenvalue weighted by Crippen LogP contribution is 2.52. The van der Waals surface area contributed by atoms with Crippen LogP contribution in [0.25, 0.3) is 0 Å². The number of sulfonamides is 1. The largest absolute Gasteiger partial charge is 0.509 e. The summed E-state index contributed by atoms with van der Waals surface area (Å²) in [5, 5.41) is 14.4. The summed E-state index contributed by atoms with van der Waals surface area (Å²) in [6.07, 6.45) is 3.22. The van der Waals surface area contributed by atoms with Gasteiger partial charge < -0.3 is 19.8 Å². The highest BCUT2D eigenvalue weighted by Gasteiger charge is 2.44. The van der Waals surface area contributed by atoms with Crippen molar-refractivity contribution >= 4 is 46.0 Å². The molecule has 3 N–H and O–H groups in total. The second-order valence-electron chi connectivity index (χ2n) is 10.0. The van der Waals surface area contributed by atoms with Crippen molar-refractivity contribution in [2.24, 2.45) is 16.6 Å². The molecule has 2 heterocycles. The first-order valence-corrected chi connectivity index (χ1v) is 15.7. The summed E-state index contributed by atoms with van der Waals surface area (Å²) in [7, 11) is -7.44. The molecule has 0 fully saturated rings. The Hall–Kier alpha value is -2.36. The maximum absolute atomic E-state index is 13.9. The van der Waals surface area contributed by atoms with Crippen molar-refractivity contribution < 1.29 is 27.4 Å². The van der Waals surface area contributed by atoms with Crippen molar-refractivity contribution in [2.75, 3.05) is 29.4 Å². The Labute approximate surface area is 213 Å². The Bertz CT molecular complexity index is 1220. The number of amides is 1. The van der Waals surface area contributed by atoms with E-state index in [0.29, 0.717) is 30.5 Å². The number of nitrogens with zero attached hydrogens (tertiary/aromatic N) is 2. The first-order chi connectivity index (χ1) is 16.8. The van der Waals surface area contributed by atoms with Crippen LogP contribution in [0.5, 0.6) is 0 Å². The monoisotopic (exact) mass is 540 g/mol. The predicted molar refractivity (Wildman–Crippen MR) is 144 cm³/mol. The molecule has 10 nitrogen and oxygen atoms in total. The molecule has 0 saturated heterocycles. The highest BCUT2D eigenvalue weighted by molar-refractivity contribution is 7.92. The summed E-state index contributed by atoms with van der Waals surface area (Å²) in [5.74, 6) is 0.313. The van der Waals surface area contributed by atoms with Gasteiger partial charge in [0.2, 0.25) is 10.0 Å². The van der Waals surface area contributed by atoms with Gasteiger partial charge in [-0.3, -0.25) is 14.1 Å². The SMILES string of the molecule is CCOP1(=O)N=C(C2=C(O)C(CCC(C)C)N(CCC(C)C)C2=O)Nc2ccc(NS(C)(=O)=O)cc21. The van der Waals surface area contributed by atoms with E-state index < -0.39 is 23.6 Å². The summed E-state index contributed by atoms with van der Waals surface area (Å²) in [4.78, 5) is 15.2. The molecule has 0 saturated carbocycles. The van der Waals surface area contributed by atoms with Gasteiger partial charge in [0.1, 0.15) is 11.3 Å². The molecule has 36 heavy (non-hydrogen) atoms. The molecule has 1 aromatic carbocycles. The van der Waals surface area contributed by atoms with Gasteiger partial charge in [0.25, 0.3) is 5.91 Å². The van der Waals surface area contributed by atoms with Crippen LogP contribution < -0.4 is 15.3 Å². The van der Waals surface area contributed by atoms with Crippen LogP contribution in [0, 0.1) is 11.8 Å². The van der Waals surface area contributed by atoms with E-state index >= 15 is 0 Å². The van der Waals surface area contributed by atoms with Gasteiger partial charge in [0.15, 0.2) is 5.84 Å². The number of hydrogen-bond acceptors (Lipinski definition) is 7. The van der Waals surface area contributed by atoms with E-state index in [2.05, 4.69) is 42.5 Å². The van der Waals surface area contributed by atoms with Gasteiger partial charge in [-0.05, 0) is 56.2 Å². The molecule has 0 aromatic heterocycles. The molecule has 0 bridgehead atoms. The van der Waals surface area contributed by atoms with Crippen molar-refractivity contribution in [1.82, 2.24) is 4.90 Å². The molecule has 200 valence electrons. The zero-order chi connectivity index (χ0) is 26.8. The molecule has 2 aliphatic rings. The molecule has 0 aliphatic carbocycles. The Kier molecular flexibility index (Phi) is 8.58. The van der Waals surface area contributed by atoms with Crippen LogP contribution in [0.4, 0.5) is 11.4 Å². The topological polar surface area (TPSA) is 137 Å². The van der Waals surface area contributed by atoms with Crippen LogP contribution in [0.1, 0.15) is 53.9 Å². The standard InChI is InChI=1S/C24H37N4O6PS/c1-7-34-35(31)20-14-17(27-36(6,32)33)9-10-18(20)25-23(26-35)21-22(29)19(11-8-15(2)3)28(24(21)30)13-12-16(4)5/h9-10,14-16,19,27,29H,7-8,11-13H2,1-6H3,(H,25,26,31). The second-order valence-corrected chi connectivity index (χ2v) is 13.8. The van der Waals surface area contributed by atoms with Crippen molar-refractivity contribution in [3.63, 3.8) is 0 Å². The van der Waals surface area contributed by atoms with Gasteiger partial charge >= 0.3 is 7.52 Å². The summed E-state index contributed by atoms with van der Waals surface area (Å²) in [6, 6.07) is 3.99. The first-order valence-electron chi connectivity index (χ1n) is 12.2. The average molecular weight is 541 g/mol. The minimum Gasteiger partial charge on any atom is -0.509 e. The maximum Gasteiger partial charge on any atom is 0.348 e. The van der Waals surface area contributed by atoms with Crippen molar-refractivity contribution in [1.29, 1.82) is 0 Å². The van der Waals surface area contributed by atoms with Gasteiger partial charge in [-0.2, -0.15) is 4.76 Å². The number of carbonyl (C=O) groups is 1. The summed E-state index contributed by atoms with van der Waals surface area (Å²) < 4.78 is 49.5. The Morgan fingerprint density at radius 1 is 1.22 bits per heavy atom. The lowest BCUT2D eigenvalue weighted by atomic mass is 10.0. The lowest BCUT2D eigenvalue weighted by molar-refractivity contribution is -0.127. The number of nitrogens with one attached hydrogen (secondary N) is 2. The molecule has 2 aliphatic heterocycles. The first kappa shape index (κ1) is 28.2. The van der Waals surface area contributed by atoms with Crippen LogP contribution in [-0.4, -0.2) is 55.6 Å². The van der Waals surface area contributed by atoms with Crippen LogP contribution >= 0.6 is 7.52 Å². The van der Waals surface area contributed by atoms with Crippen LogP contribution in [-0.2, 0) is 23.9 Å². The number of amidine groups is 1. The van der Waals surface area contributed by atoms with E-state index in [1.807, 2.05) is 0 Å². The van der Waals surface area contributed by atoms with Gasteiger partial charge in [-0.25, -0.2) is 8.42 Å². The Morgan fingerprint density at radius 2 is 1.89 bits per heavy atom. The Morgan fingerprint density at radius 3 is 2.47 bits per heavy atom. The van der Waals surface area contributed by atoms with E-state index in [9.17, 15) is 22.9 Å². The minimum absolute atomic E-state index is 0.00331. The average Bonchev–Trinajstić information content (AvgIpc) is 2.98. The summed E-state index contributed by atoms with van der Waals surface area (Å²) >= 11 is 0. The lowest BCUT2D eigenvalue weighted by Gasteiger charge is -2.27. The number of carbonyl (C=O) groups excluding carboxylic acids is 1. The third-order valence-corrected chi connectivity index (χ3v) is 8.68. The molecule has 12 heteroatoms. The van der Waals surface area contributed by atoms with Gasteiger partial charge in [0.05, 0.1) is 29.9 Å². The van der Waals surface area contributed by atoms with Gasteiger partial charge in [0, 0.05) is 12.2 Å². The molecule has 0 spiro atoms. The maximum atomic E-state index is 13.9. The molecule has 0 radical (unpaired) electrons. The van der Waals surface area contributed by atoms with Crippen LogP contribution in [0.2, 0.25) is 0 Å². The molecular weight excluding hydrogens is 503 g/mol.